The lowest BCUT2D eigenvalue weighted by Crippen LogP contribution is -2.51. The van der Waals surface area contributed by atoms with Gasteiger partial charge in [-0.3, -0.25) is 14.4 Å². The van der Waals surface area contributed by atoms with Crippen molar-refractivity contribution in [3.8, 4) is 28.8 Å². The van der Waals surface area contributed by atoms with Crippen LogP contribution >= 0.6 is 0 Å². The molecule has 3 amide bonds. The molecule has 2 N–H and O–H groups in total. The van der Waals surface area contributed by atoms with Gasteiger partial charge in [-0.15, -0.1) is 0 Å². The van der Waals surface area contributed by atoms with Crippen LogP contribution in [0.1, 0.15) is 22.3 Å². The van der Waals surface area contributed by atoms with Gasteiger partial charge in [-0.05, 0) is 36.2 Å². The molecule has 0 aliphatic carbocycles. The summed E-state index contributed by atoms with van der Waals surface area (Å²) in [5.41, 5.74) is 2.03. The highest BCUT2D eigenvalue weighted by Crippen LogP contribution is 2.32. The van der Waals surface area contributed by atoms with E-state index in [-0.39, 0.29) is 43.8 Å². The van der Waals surface area contributed by atoms with E-state index in [2.05, 4.69) is 20.6 Å². The first-order valence-corrected chi connectivity index (χ1v) is 14.7. The van der Waals surface area contributed by atoms with Crippen LogP contribution in [0.2, 0.25) is 0 Å². The normalized spacial score (nSPS) is 16.2. The molecule has 2 bridgehead atoms. The third kappa shape index (κ3) is 7.96. The van der Waals surface area contributed by atoms with E-state index in [0.29, 0.717) is 42.4 Å². The summed E-state index contributed by atoms with van der Waals surface area (Å²) >= 11 is 0. The molecule has 0 saturated heterocycles. The van der Waals surface area contributed by atoms with Crippen molar-refractivity contribution in [2.24, 2.45) is 0 Å². The molecule has 234 valence electrons. The Morgan fingerprint density at radius 2 is 1.84 bits per heavy atom. The zero-order valence-corrected chi connectivity index (χ0v) is 25.3. The van der Waals surface area contributed by atoms with Gasteiger partial charge in [0.15, 0.2) is 11.5 Å². The fourth-order valence-electron chi connectivity index (χ4n) is 5.10. The lowest BCUT2D eigenvalue weighted by molar-refractivity contribution is -0.129. The maximum atomic E-state index is 13.6. The number of fused-ring (bicyclic) bond motifs is 4. The summed E-state index contributed by atoms with van der Waals surface area (Å²) in [7, 11) is 3.03. The Labute approximate surface area is 261 Å². The largest absolute Gasteiger partial charge is 0.493 e. The Kier molecular flexibility index (Phi) is 10.3. The first kappa shape index (κ1) is 31.0. The van der Waals surface area contributed by atoms with E-state index in [1.807, 2.05) is 59.3 Å². The second kappa shape index (κ2) is 14.9. The molecule has 12 heteroatoms. The van der Waals surface area contributed by atoms with Crippen LogP contribution in [0.25, 0.3) is 11.4 Å². The molecule has 2 aromatic carbocycles. The number of imidazole rings is 1. The van der Waals surface area contributed by atoms with Crippen molar-refractivity contribution in [2.45, 2.75) is 25.4 Å². The molecule has 5 rings (SSSR count). The molecular formula is C33H36N6O6. The van der Waals surface area contributed by atoms with Gasteiger partial charge in [0.2, 0.25) is 17.7 Å². The Hall–Kier alpha value is -5.39. The number of benzene rings is 2. The summed E-state index contributed by atoms with van der Waals surface area (Å²) in [4.78, 5) is 50.5. The number of pyridine rings is 1. The molecule has 0 radical (unpaired) electrons. The number of amides is 3. The second-order valence-electron chi connectivity index (χ2n) is 10.4. The SMILES string of the molecule is COc1cc(C(=O)N2CCCOc3cc(ccc3OC)-c3nccn3CCNC(=O)[C@H](Cc3ccccc3)NC(=O)C2)ccn1. The van der Waals surface area contributed by atoms with Gasteiger partial charge in [-0.2, -0.15) is 0 Å². The minimum atomic E-state index is -0.855. The van der Waals surface area contributed by atoms with Gasteiger partial charge in [-0.1, -0.05) is 30.3 Å². The first-order valence-electron chi connectivity index (χ1n) is 14.7. The average Bonchev–Trinajstić information content (AvgIpc) is 3.54. The first-order chi connectivity index (χ1) is 21.9. The van der Waals surface area contributed by atoms with Crippen LogP contribution in [0.5, 0.6) is 17.4 Å². The predicted octanol–water partition coefficient (Wildman–Crippen LogP) is 2.73. The van der Waals surface area contributed by atoms with Crippen molar-refractivity contribution in [3.05, 3.63) is 90.4 Å². The maximum Gasteiger partial charge on any atom is 0.254 e. The lowest BCUT2D eigenvalue weighted by Gasteiger charge is -2.25. The molecule has 3 heterocycles. The van der Waals surface area contributed by atoms with Crippen molar-refractivity contribution in [2.75, 3.05) is 40.5 Å². The van der Waals surface area contributed by atoms with Gasteiger partial charge in [0.05, 0.1) is 27.4 Å². The Morgan fingerprint density at radius 1 is 1.00 bits per heavy atom. The van der Waals surface area contributed by atoms with Gasteiger partial charge in [0.25, 0.3) is 5.91 Å². The van der Waals surface area contributed by atoms with Crippen LogP contribution in [-0.4, -0.2) is 83.7 Å². The minimum absolute atomic E-state index is 0.207. The number of rotatable bonds is 5. The number of carbonyl (C=O) groups excluding carboxylic acids is 3. The van der Waals surface area contributed by atoms with Crippen molar-refractivity contribution in [1.82, 2.24) is 30.1 Å². The summed E-state index contributed by atoms with van der Waals surface area (Å²) in [6.45, 7) is 0.945. The molecule has 0 saturated carbocycles. The van der Waals surface area contributed by atoms with Crippen molar-refractivity contribution in [3.63, 3.8) is 0 Å². The van der Waals surface area contributed by atoms with E-state index in [1.165, 1.54) is 24.3 Å². The summed E-state index contributed by atoms with van der Waals surface area (Å²) in [6.07, 6.45) is 5.72. The number of nitrogens with zero attached hydrogens (tertiary/aromatic N) is 4. The molecule has 0 unspecified atom stereocenters. The number of carbonyl (C=O) groups is 3. The van der Waals surface area contributed by atoms with Crippen LogP contribution in [0, 0.1) is 0 Å². The van der Waals surface area contributed by atoms with E-state index in [1.54, 1.807) is 19.4 Å². The van der Waals surface area contributed by atoms with Gasteiger partial charge >= 0.3 is 0 Å². The summed E-state index contributed by atoms with van der Waals surface area (Å²) in [6, 6.07) is 17.3. The van der Waals surface area contributed by atoms with Gasteiger partial charge in [-0.25, -0.2) is 9.97 Å². The highest BCUT2D eigenvalue weighted by Gasteiger charge is 2.25. The molecular weight excluding hydrogens is 576 g/mol. The molecule has 45 heavy (non-hydrogen) atoms. The second-order valence-corrected chi connectivity index (χ2v) is 10.4. The van der Waals surface area contributed by atoms with Gasteiger partial charge in [0.1, 0.15) is 11.9 Å². The van der Waals surface area contributed by atoms with E-state index >= 15 is 0 Å². The molecule has 4 aromatic rings. The topological polar surface area (TPSA) is 137 Å². The predicted molar refractivity (Wildman–Crippen MR) is 166 cm³/mol. The Balaban J connectivity index is 1.44. The average molecular weight is 613 g/mol. The quantitative estimate of drug-likeness (QED) is 0.351. The van der Waals surface area contributed by atoms with Crippen LogP contribution in [0.3, 0.4) is 0 Å². The minimum Gasteiger partial charge on any atom is -0.493 e. The van der Waals surface area contributed by atoms with E-state index in [9.17, 15) is 14.4 Å². The molecule has 2 aromatic heterocycles. The summed E-state index contributed by atoms with van der Waals surface area (Å²) < 4.78 is 18.8. The Bertz CT molecular complexity index is 1620. The fourth-order valence-corrected chi connectivity index (χ4v) is 5.10. The monoisotopic (exact) mass is 612 g/mol. The molecule has 0 spiro atoms. The zero-order chi connectivity index (χ0) is 31.6. The van der Waals surface area contributed by atoms with Gasteiger partial charge in [0, 0.05) is 61.8 Å². The molecule has 12 nitrogen and oxygen atoms in total. The summed E-state index contributed by atoms with van der Waals surface area (Å²) in [5, 5.41) is 5.82. The standard InChI is InChI=1S/C33H36N6O6/c1-43-27-10-9-24-20-28(27)45-18-6-15-39(33(42)25-11-12-34-30(21-25)44-2)22-29(40)37-26(19-23-7-4-3-5-8-23)32(41)36-14-17-38-16-13-35-31(24)38/h3-5,7-13,16,20-21,26H,6,14-15,17-19,22H2,1-2H3,(H,36,41)(H,37,40)/t26-/m0/s1. The molecule has 1 aliphatic heterocycles. The van der Waals surface area contributed by atoms with Crippen LogP contribution in [0.15, 0.2) is 79.3 Å². The fraction of sp³-hybridized carbons (Fsp3) is 0.303. The van der Waals surface area contributed by atoms with Crippen molar-refractivity contribution in [1.29, 1.82) is 0 Å². The highest BCUT2D eigenvalue weighted by molar-refractivity contribution is 5.97. The third-order valence-electron chi connectivity index (χ3n) is 7.37. The highest BCUT2D eigenvalue weighted by atomic mass is 16.5. The molecule has 1 atom stereocenters. The Morgan fingerprint density at radius 3 is 2.64 bits per heavy atom. The third-order valence-corrected chi connectivity index (χ3v) is 7.37. The lowest BCUT2D eigenvalue weighted by atomic mass is 10.1. The van der Waals surface area contributed by atoms with Crippen molar-refractivity contribution >= 4 is 17.7 Å². The number of hydrogen-bond donors (Lipinski definition) is 2. The number of methoxy groups -OCH3 is 2. The summed E-state index contributed by atoms with van der Waals surface area (Å²) in [5.74, 6) is 0.895. The van der Waals surface area contributed by atoms with Crippen LogP contribution in [0.4, 0.5) is 0 Å². The number of nitrogens with one attached hydrogen (secondary N) is 2. The number of ether oxygens (including phenoxy) is 3. The smallest absolute Gasteiger partial charge is 0.254 e. The molecule has 1 aliphatic rings. The van der Waals surface area contributed by atoms with Crippen LogP contribution in [-0.2, 0) is 22.6 Å². The van der Waals surface area contributed by atoms with E-state index in [0.717, 1.165) is 11.1 Å². The maximum absolute atomic E-state index is 13.6. The zero-order valence-electron chi connectivity index (χ0n) is 25.3. The van der Waals surface area contributed by atoms with E-state index in [4.69, 9.17) is 14.2 Å². The molecule has 0 fully saturated rings. The van der Waals surface area contributed by atoms with Crippen molar-refractivity contribution < 1.29 is 28.6 Å². The van der Waals surface area contributed by atoms with Crippen LogP contribution < -0.4 is 24.8 Å². The number of hydrogen-bond acceptors (Lipinski definition) is 8. The number of aromatic nitrogens is 3. The van der Waals surface area contributed by atoms with Gasteiger partial charge < -0.3 is 34.3 Å². The van der Waals surface area contributed by atoms with E-state index < -0.39 is 11.9 Å².